The maximum Gasteiger partial charge on any atom is 0.310 e. The van der Waals surface area contributed by atoms with E-state index in [1.165, 1.54) is 7.11 Å². The molecule has 8 nitrogen and oxygen atoms in total. The molecule has 37 heavy (non-hydrogen) atoms. The van der Waals surface area contributed by atoms with E-state index in [9.17, 15) is 19.8 Å². The van der Waals surface area contributed by atoms with Gasteiger partial charge in [-0.1, -0.05) is 25.7 Å². The molecule has 1 saturated carbocycles. The summed E-state index contributed by atoms with van der Waals surface area (Å²) >= 11 is 0. The van der Waals surface area contributed by atoms with Gasteiger partial charge in [-0.25, -0.2) is 0 Å². The number of methoxy groups -OCH3 is 2. The predicted octanol–water partition coefficient (Wildman–Crippen LogP) is 4.21. The highest BCUT2D eigenvalue weighted by Gasteiger charge is 2.57. The van der Waals surface area contributed by atoms with Crippen molar-refractivity contribution in [1.29, 1.82) is 0 Å². The van der Waals surface area contributed by atoms with Gasteiger partial charge in [-0.2, -0.15) is 0 Å². The number of aliphatic hydroxyl groups excluding tert-OH is 1. The lowest BCUT2D eigenvalue weighted by atomic mass is 9.55. The van der Waals surface area contributed by atoms with Crippen molar-refractivity contribution in [1.82, 2.24) is 0 Å². The number of carbonyl (C=O) groups excluding carboxylic acids is 2. The summed E-state index contributed by atoms with van der Waals surface area (Å²) in [5.41, 5.74) is 2.19. The largest absolute Gasteiger partial charge is 0.508 e. The zero-order valence-corrected chi connectivity index (χ0v) is 23.0. The average Bonchev–Trinajstić information content (AvgIpc) is 2.85. The van der Waals surface area contributed by atoms with E-state index in [0.717, 1.165) is 11.6 Å². The highest BCUT2D eigenvalue weighted by molar-refractivity contribution is 6.76. The molecule has 3 aliphatic carbocycles. The van der Waals surface area contributed by atoms with Crippen LogP contribution in [0.5, 0.6) is 17.2 Å². The Morgan fingerprint density at radius 3 is 2.35 bits per heavy atom. The summed E-state index contributed by atoms with van der Waals surface area (Å²) in [4.78, 5) is 27.0. The monoisotopic (exact) mass is 528 g/mol. The first-order valence-corrected chi connectivity index (χ1v) is 16.3. The first-order chi connectivity index (χ1) is 17.5. The van der Waals surface area contributed by atoms with Gasteiger partial charge in [0.25, 0.3) is 0 Å². The van der Waals surface area contributed by atoms with Crippen molar-refractivity contribution in [3.05, 3.63) is 53.1 Å². The van der Waals surface area contributed by atoms with Crippen LogP contribution in [0.25, 0.3) is 0 Å². The van der Waals surface area contributed by atoms with Crippen molar-refractivity contribution in [3.63, 3.8) is 0 Å². The number of aliphatic hydroxyl groups is 1. The van der Waals surface area contributed by atoms with Crippen molar-refractivity contribution >= 4 is 20.0 Å². The van der Waals surface area contributed by atoms with Gasteiger partial charge < -0.3 is 29.2 Å². The molecule has 2 aromatic carbocycles. The topological polar surface area (TPSA) is 112 Å². The van der Waals surface area contributed by atoms with Crippen LogP contribution in [-0.2, 0) is 25.7 Å². The Morgan fingerprint density at radius 2 is 1.68 bits per heavy atom. The van der Waals surface area contributed by atoms with Crippen LogP contribution in [0, 0.1) is 11.8 Å². The van der Waals surface area contributed by atoms with Gasteiger partial charge in [0.2, 0.25) is 0 Å². The van der Waals surface area contributed by atoms with Crippen LogP contribution in [0.4, 0.5) is 0 Å². The van der Waals surface area contributed by atoms with E-state index in [4.69, 9.17) is 18.9 Å². The van der Waals surface area contributed by atoms with Gasteiger partial charge >= 0.3 is 11.9 Å². The van der Waals surface area contributed by atoms with Crippen LogP contribution in [0.1, 0.15) is 34.9 Å². The standard InChI is InChI=1S/C28H36O8Si/c1-33-18-8-6-16(23(13-18)34-2)15-36-28(32)26-24-20-12-17(29)7-9-19(20)21(14-22(24)30)25(26)27(31)35-10-11-37(3,4)5/h6-9,12-13,21-22,24-26,29-30H,10-11,14-15H2,1-5H3/t21?,22?,24-,25-,26-/m1/s1. The number of rotatable bonds is 9. The molecule has 200 valence electrons. The normalized spacial score (nSPS) is 24.2. The Kier molecular flexibility index (Phi) is 7.85. The zero-order chi connectivity index (χ0) is 26.9. The molecule has 0 aliphatic heterocycles. The van der Waals surface area contributed by atoms with Crippen LogP contribution in [0.2, 0.25) is 25.7 Å². The maximum atomic E-state index is 13.6. The molecular weight excluding hydrogens is 492 g/mol. The lowest BCUT2D eigenvalue weighted by Gasteiger charge is -2.49. The average molecular weight is 529 g/mol. The van der Waals surface area contributed by atoms with E-state index in [1.54, 1.807) is 43.5 Å². The molecule has 0 radical (unpaired) electrons. The molecule has 2 N–H and O–H groups in total. The Labute approximate surface area is 218 Å². The predicted molar refractivity (Wildman–Crippen MR) is 140 cm³/mol. The fourth-order valence-electron chi connectivity index (χ4n) is 5.55. The molecule has 9 heteroatoms. The third-order valence-corrected chi connectivity index (χ3v) is 9.16. The van der Waals surface area contributed by atoms with Gasteiger partial charge in [-0.05, 0) is 47.9 Å². The number of hydrogen-bond acceptors (Lipinski definition) is 8. The molecule has 0 aromatic heterocycles. The minimum Gasteiger partial charge on any atom is -0.508 e. The number of benzene rings is 2. The molecular formula is C28H36O8Si. The minimum atomic E-state index is -1.43. The highest BCUT2D eigenvalue weighted by Crippen LogP contribution is 2.57. The smallest absolute Gasteiger partial charge is 0.310 e. The van der Waals surface area contributed by atoms with Crippen LogP contribution in [-0.4, -0.2) is 57.2 Å². The van der Waals surface area contributed by atoms with Gasteiger partial charge in [-0.3, -0.25) is 9.59 Å². The Morgan fingerprint density at radius 1 is 0.946 bits per heavy atom. The van der Waals surface area contributed by atoms with Crippen LogP contribution < -0.4 is 9.47 Å². The fourth-order valence-corrected chi connectivity index (χ4v) is 6.26. The molecule has 2 unspecified atom stereocenters. The molecule has 5 atom stereocenters. The van der Waals surface area contributed by atoms with Gasteiger partial charge in [-0.15, -0.1) is 0 Å². The molecule has 3 aliphatic rings. The first kappa shape index (κ1) is 27.0. The molecule has 0 saturated heterocycles. The van der Waals surface area contributed by atoms with E-state index < -0.39 is 49.8 Å². The maximum absolute atomic E-state index is 13.6. The van der Waals surface area contributed by atoms with Crippen LogP contribution in [0.3, 0.4) is 0 Å². The second-order valence-corrected chi connectivity index (χ2v) is 16.7. The Bertz CT molecular complexity index is 1160. The van der Waals surface area contributed by atoms with Crippen LogP contribution in [0.15, 0.2) is 36.4 Å². The Balaban J connectivity index is 1.62. The van der Waals surface area contributed by atoms with E-state index in [2.05, 4.69) is 19.6 Å². The third kappa shape index (κ3) is 5.62. The quantitative estimate of drug-likeness (QED) is 0.368. The first-order valence-electron chi connectivity index (χ1n) is 12.6. The van der Waals surface area contributed by atoms with Crippen molar-refractivity contribution < 1.29 is 38.7 Å². The fraction of sp³-hybridized carbons (Fsp3) is 0.500. The van der Waals surface area contributed by atoms with Crippen molar-refractivity contribution in [2.24, 2.45) is 11.8 Å². The van der Waals surface area contributed by atoms with E-state index in [-0.39, 0.29) is 12.4 Å². The van der Waals surface area contributed by atoms with Gasteiger partial charge in [0.05, 0.1) is 38.8 Å². The summed E-state index contributed by atoms with van der Waals surface area (Å²) in [6.45, 7) is 6.85. The summed E-state index contributed by atoms with van der Waals surface area (Å²) in [5.74, 6) is -2.69. The van der Waals surface area contributed by atoms with Gasteiger partial charge in [0.1, 0.15) is 23.9 Å². The van der Waals surface area contributed by atoms with Gasteiger partial charge in [0, 0.05) is 31.5 Å². The third-order valence-electron chi connectivity index (χ3n) is 7.45. The number of esters is 2. The molecule has 0 spiro atoms. The second kappa shape index (κ2) is 10.7. The summed E-state index contributed by atoms with van der Waals surface area (Å²) in [6, 6.07) is 10.9. The number of phenols is 1. The summed E-state index contributed by atoms with van der Waals surface area (Å²) in [6.07, 6.45) is -0.509. The molecule has 2 bridgehead atoms. The summed E-state index contributed by atoms with van der Waals surface area (Å²) in [5, 5.41) is 21.1. The van der Waals surface area contributed by atoms with Crippen LogP contribution >= 0.6 is 0 Å². The number of aromatic hydroxyl groups is 1. The van der Waals surface area contributed by atoms with E-state index in [0.29, 0.717) is 35.7 Å². The second-order valence-electron chi connectivity index (χ2n) is 11.1. The lowest BCUT2D eigenvalue weighted by molar-refractivity contribution is -0.170. The van der Waals surface area contributed by atoms with E-state index >= 15 is 0 Å². The van der Waals surface area contributed by atoms with Crippen molar-refractivity contribution in [2.75, 3.05) is 20.8 Å². The number of fused-ring (bicyclic) bond motifs is 2. The number of ether oxygens (including phenoxy) is 4. The molecule has 2 aromatic rings. The lowest BCUT2D eigenvalue weighted by Crippen LogP contribution is -2.52. The molecule has 5 rings (SSSR count). The van der Waals surface area contributed by atoms with Gasteiger partial charge in [0.15, 0.2) is 0 Å². The minimum absolute atomic E-state index is 0.0443. The number of hydrogen-bond donors (Lipinski definition) is 2. The molecule has 0 heterocycles. The number of carbonyl (C=O) groups is 2. The molecule has 1 fully saturated rings. The van der Waals surface area contributed by atoms with E-state index in [1.807, 2.05) is 0 Å². The summed E-state index contributed by atoms with van der Waals surface area (Å²) in [7, 11) is 1.64. The summed E-state index contributed by atoms with van der Waals surface area (Å²) < 4.78 is 22.1. The van der Waals surface area contributed by atoms with Crippen molar-refractivity contribution in [3.8, 4) is 17.2 Å². The highest BCUT2D eigenvalue weighted by atomic mass is 28.3. The van der Waals surface area contributed by atoms with Crippen molar-refractivity contribution in [2.45, 2.75) is 56.7 Å². The Hall–Kier alpha value is -3.04. The number of phenolic OH excluding ortho intramolecular Hbond substituents is 1. The SMILES string of the molecule is COc1ccc(COC(=O)[C@H]2[C@H](C(=O)OCC[Si](C)(C)C)C3CC(O)[C@H]2c2cc(O)ccc23)c(OC)c1. The zero-order valence-electron chi connectivity index (χ0n) is 22.0. The molecule has 0 amide bonds.